The van der Waals surface area contributed by atoms with Crippen LogP contribution in [0.5, 0.6) is 0 Å². The lowest BCUT2D eigenvalue weighted by atomic mass is 10.1. The van der Waals surface area contributed by atoms with E-state index in [9.17, 15) is 13.2 Å². The first-order valence-corrected chi connectivity index (χ1v) is 7.00. The Labute approximate surface area is 99.4 Å². The minimum absolute atomic E-state index is 0.0406. The molecule has 0 bridgehead atoms. The van der Waals surface area contributed by atoms with E-state index in [0.29, 0.717) is 10.8 Å². The van der Waals surface area contributed by atoms with Crippen LogP contribution in [0, 0.1) is 6.92 Å². The first kappa shape index (κ1) is 11.9. The summed E-state index contributed by atoms with van der Waals surface area (Å²) in [6.07, 6.45) is 1.10. The van der Waals surface area contributed by atoms with E-state index in [2.05, 4.69) is 0 Å². The Morgan fingerprint density at radius 1 is 1.18 bits per heavy atom. The average Bonchev–Trinajstić information content (AvgIpc) is 2.22. The number of pyridine rings is 1. The molecule has 0 unspecified atom stereocenters. The van der Waals surface area contributed by atoms with Crippen molar-refractivity contribution >= 4 is 20.6 Å². The monoisotopic (exact) mass is 251 g/mol. The topological polar surface area (TPSA) is 56.1 Å². The van der Waals surface area contributed by atoms with Crippen molar-refractivity contribution in [3.63, 3.8) is 0 Å². The van der Waals surface area contributed by atoms with Crippen molar-refractivity contribution in [1.29, 1.82) is 0 Å². The molecule has 1 heterocycles. The second-order valence-electron chi connectivity index (χ2n) is 4.21. The zero-order valence-electron chi connectivity index (χ0n) is 9.89. The van der Waals surface area contributed by atoms with Crippen molar-refractivity contribution in [1.82, 2.24) is 4.57 Å². The number of nitrogens with zero attached hydrogens (tertiary/aromatic N) is 1. The molecular weight excluding hydrogens is 238 g/mol. The van der Waals surface area contributed by atoms with Crippen LogP contribution in [-0.2, 0) is 16.9 Å². The predicted molar refractivity (Wildman–Crippen MR) is 67.0 cm³/mol. The predicted octanol–water partition coefficient (Wildman–Crippen LogP) is 1.25. The van der Waals surface area contributed by atoms with Crippen LogP contribution in [0.1, 0.15) is 5.56 Å². The van der Waals surface area contributed by atoms with Gasteiger partial charge < -0.3 is 4.57 Å². The molecule has 0 spiro atoms. The van der Waals surface area contributed by atoms with E-state index in [1.54, 1.807) is 12.1 Å². The van der Waals surface area contributed by atoms with Crippen LogP contribution in [0.15, 0.2) is 34.1 Å². The molecule has 0 saturated heterocycles. The van der Waals surface area contributed by atoms with Gasteiger partial charge in [-0.3, -0.25) is 4.79 Å². The van der Waals surface area contributed by atoms with Crippen LogP contribution in [0.25, 0.3) is 10.8 Å². The summed E-state index contributed by atoms with van der Waals surface area (Å²) in [5.74, 6) is 0. The fraction of sp³-hybridized carbons (Fsp3) is 0.250. The van der Waals surface area contributed by atoms with Gasteiger partial charge in [0.05, 0.1) is 0 Å². The van der Waals surface area contributed by atoms with E-state index in [4.69, 9.17) is 0 Å². The molecule has 5 heteroatoms. The van der Waals surface area contributed by atoms with Gasteiger partial charge in [-0.1, -0.05) is 17.7 Å². The third-order valence-electron chi connectivity index (χ3n) is 2.73. The van der Waals surface area contributed by atoms with Gasteiger partial charge in [0.15, 0.2) is 9.84 Å². The first-order chi connectivity index (χ1) is 7.80. The smallest absolute Gasteiger partial charge is 0.259 e. The molecule has 0 N–H and O–H groups in total. The largest absolute Gasteiger partial charge is 0.302 e. The molecule has 0 aliphatic heterocycles. The van der Waals surface area contributed by atoms with Gasteiger partial charge in [-0.05, 0) is 24.4 Å². The zero-order chi connectivity index (χ0) is 12.8. The average molecular weight is 251 g/mol. The Morgan fingerprint density at radius 2 is 1.82 bits per heavy atom. The van der Waals surface area contributed by atoms with Crippen molar-refractivity contribution in [3.8, 4) is 0 Å². The van der Waals surface area contributed by atoms with E-state index in [0.717, 1.165) is 11.8 Å². The molecule has 2 aromatic rings. The minimum atomic E-state index is -3.39. The van der Waals surface area contributed by atoms with Crippen molar-refractivity contribution in [3.05, 3.63) is 40.2 Å². The van der Waals surface area contributed by atoms with Crippen molar-refractivity contribution < 1.29 is 8.42 Å². The highest BCUT2D eigenvalue weighted by Gasteiger charge is 2.14. The van der Waals surface area contributed by atoms with Gasteiger partial charge >= 0.3 is 0 Å². The molecule has 90 valence electrons. The SMILES string of the molecule is Cc1ccc2cc(S(C)(=O)=O)n(C)c(=O)c2c1. The fourth-order valence-corrected chi connectivity index (χ4v) is 2.77. The number of aromatic nitrogens is 1. The summed E-state index contributed by atoms with van der Waals surface area (Å²) in [5, 5.41) is 1.23. The zero-order valence-corrected chi connectivity index (χ0v) is 10.7. The van der Waals surface area contributed by atoms with Crippen LogP contribution in [-0.4, -0.2) is 19.2 Å². The van der Waals surface area contributed by atoms with Gasteiger partial charge in [0.25, 0.3) is 5.56 Å². The summed E-state index contributed by atoms with van der Waals surface area (Å²) in [6.45, 7) is 1.89. The number of sulfone groups is 1. The molecule has 0 aliphatic rings. The lowest BCUT2D eigenvalue weighted by Crippen LogP contribution is -2.22. The number of rotatable bonds is 1. The summed E-state index contributed by atoms with van der Waals surface area (Å²) >= 11 is 0. The van der Waals surface area contributed by atoms with E-state index >= 15 is 0 Å². The maximum absolute atomic E-state index is 12.0. The molecule has 1 aromatic carbocycles. The standard InChI is InChI=1S/C12H13NO3S/c1-8-4-5-9-7-11(17(3,15)16)13(2)12(14)10(9)6-8/h4-7H,1-3H3. The Kier molecular flexibility index (Phi) is 2.58. The molecule has 0 radical (unpaired) electrons. The van der Waals surface area contributed by atoms with Gasteiger partial charge in [-0.2, -0.15) is 0 Å². The number of hydrogen-bond acceptors (Lipinski definition) is 3. The third kappa shape index (κ3) is 1.98. The Hall–Kier alpha value is -1.62. The second-order valence-corrected chi connectivity index (χ2v) is 6.17. The van der Waals surface area contributed by atoms with E-state index in [1.165, 1.54) is 17.7 Å². The summed E-state index contributed by atoms with van der Waals surface area (Å²) < 4.78 is 24.3. The quantitative estimate of drug-likeness (QED) is 0.766. The third-order valence-corrected chi connectivity index (χ3v) is 3.88. The lowest BCUT2D eigenvalue weighted by Gasteiger charge is -2.08. The number of hydrogen-bond donors (Lipinski definition) is 0. The molecule has 0 fully saturated rings. The van der Waals surface area contributed by atoms with Gasteiger partial charge in [0.2, 0.25) is 0 Å². The Morgan fingerprint density at radius 3 is 2.41 bits per heavy atom. The molecule has 2 rings (SSSR count). The van der Waals surface area contributed by atoms with Gasteiger partial charge in [-0.25, -0.2) is 8.42 Å². The fourth-order valence-electron chi connectivity index (χ4n) is 1.85. The van der Waals surface area contributed by atoms with E-state index in [1.807, 2.05) is 13.0 Å². The van der Waals surface area contributed by atoms with Crippen LogP contribution < -0.4 is 5.56 Å². The second kappa shape index (κ2) is 3.70. The van der Waals surface area contributed by atoms with Crippen LogP contribution >= 0.6 is 0 Å². The first-order valence-electron chi connectivity index (χ1n) is 5.11. The number of aryl methyl sites for hydroxylation is 1. The van der Waals surface area contributed by atoms with Gasteiger partial charge in [0, 0.05) is 18.7 Å². The molecule has 0 amide bonds. The summed E-state index contributed by atoms with van der Waals surface area (Å²) in [4.78, 5) is 12.0. The van der Waals surface area contributed by atoms with Gasteiger partial charge in [0.1, 0.15) is 5.03 Å². The molecule has 1 aromatic heterocycles. The normalized spacial score (nSPS) is 11.9. The Bertz CT molecular complexity index is 757. The minimum Gasteiger partial charge on any atom is -0.302 e. The van der Waals surface area contributed by atoms with E-state index in [-0.39, 0.29) is 10.6 Å². The highest BCUT2D eigenvalue weighted by molar-refractivity contribution is 7.90. The van der Waals surface area contributed by atoms with Crippen molar-refractivity contribution in [2.24, 2.45) is 7.05 Å². The molecular formula is C12H13NO3S. The molecule has 0 aliphatic carbocycles. The maximum atomic E-state index is 12.0. The van der Waals surface area contributed by atoms with Gasteiger partial charge in [-0.15, -0.1) is 0 Å². The number of fused-ring (bicyclic) bond motifs is 1. The van der Waals surface area contributed by atoms with Crippen molar-refractivity contribution in [2.75, 3.05) is 6.26 Å². The van der Waals surface area contributed by atoms with Crippen LogP contribution in [0.4, 0.5) is 0 Å². The number of benzene rings is 1. The maximum Gasteiger partial charge on any atom is 0.259 e. The summed E-state index contributed by atoms with van der Waals surface area (Å²) in [5.41, 5.74) is 0.688. The molecule has 0 saturated carbocycles. The van der Waals surface area contributed by atoms with Crippen LogP contribution in [0.3, 0.4) is 0 Å². The highest BCUT2D eigenvalue weighted by atomic mass is 32.2. The molecule has 17 heavy (non-hydrogen) atoms. The van der Waals surface area contributed by atoms with Crippen LogP contribution in [0.2, 0.25) is 0 Å². The van der Waals surface area contributed by atoms with E-state index < -0.39 is 9.84 Å². The summed E-state index contributed by atoms with van der Waals surface area (Å²) in [7, 11) is -1.92. The lowest BCUT2D eigenvalue weighted by molar-refractivity contribution is 0.588. The highest BCUT2D eigenvalue weighted by Crippen LogP contribution is 2.16. The van der Waals surface area contributed by atoms with Crippen molar-refractivity contribution in [2.45, 2.75) is 11.9 Å². The Balaban J connectivity index is 3.00. The summed E-state index contributed by atoms with van der Waals surface area (Å²) in [6, 6.07) is 6.92. The molecule has 4 nitrogen and oxygen atoms in total. The molecule has 0 atom stereocenters.